The Bertz CT molecular complexity index is 287. The zero-order chi connectivity index (χ0) is 8.39. The van der Waals surface area contributed by atoms with Crippen LogP contribution in [0.3, 0.4) is 0 Å². The van der Waals surface area contributed by atoms with Gasteiger partial charge in [-0.05, 0) is 37.3 Å². The van der Waals surface area contributed by atoms with Crippen LogP contribution in [0.15, 0.2) is 36.2 Å². The van der Waals surface area contributed by atoms with Crippen molar-refractivity contribution < 1.29 is 0 Å². The van der Waals surface area contributed by atoms with Gasteiger partial charge >= 0.3 is 0 Å². The molecule has 1 aliphatic carbocycles. The lowest BCUT2D eigenvalue weighted by Gasteiger charge is -2.08. The van der Waals surface area contributed by atoms with Crippen molar-refractivity contribution in [2.45, 2.75) is 25.7 Å². The molecule has 1 atom stereocenters. The molecule has 1 aliphatic rings. The summed E-state index contributed by atoms with van der Waals surface area (Å²) in [6, 6.07) is 4.19. The fourth-order valence-electron chi connectivity index (χ4n) is 1.77. The Morgan fingerprint density at radius 3 is 3.00 bits per heavy atom. The lowest BCUT2D eigenvalue weighted by atomic mass is 9.98. The summed E-state index contributed by atoms with van der Waals surface area (Å²) < 4.78 is 0. The molecule has 1 heteroatoms. The minimum Gasteiger partial charge on any atom is -0.264 e. The third kappa shape index (κ3) is 1.40. The molecule has 1 unspecified atom stereocenters. The zero-order valence-electron chi connectivity index (χ0n) is 7.33. The normalized spacial score (nSPS) is 22.4. The van der Waals surface area contributed by atoms with Crippen LogP contribution in [0.4, 0.5) is 0 Å². The van der Waals surface area contributed by atoms with Crippen LogP contribution in [0.25, 0.3) is 0 Å². The van der Waals surface area contributed by atoms with E-state index in [0.717, 1.165) is 0 Å². The summed E-state index contributed by atoms with van der Waals surface area (Å²) in [5, 5.41) is 0. The molecule has 0 fully saturated rings. The van der Waals surface area contributed by atoms with Gasteiger partial charge in [-0.2, -0.15) is 0 Å². The summed E-state index contributed by atoms with van der Waals surface area (Å²) in [6.45, 7) is 2.20. The number of hydrogen-bond donors (Lipinski definition) is 0. The van der Waals surface area contributed by atoms with E-state index >= 15 is 0 Å². The van der Waals surface area contributed by atoms with E-state index in [-0.39, 0.29) is 0 Å². The molecule has 1 aromatic rings. The van der Waals surface area contributed by atoms with Crippen LogP contribution >= 0.6 is 0 Å². The molecule has 2 rings (SSSR count). The second kappa shape index (κ2) is 3.10. The maximum atomic E-state index is 4.13. The van der Waals surface area contributed by atoms with Gasteiger partial charge in [0.15, 0.2) is 0 Å². The van der Waals surface area contributed by atoms with Crippen LogP contribution in [0.2, 0.25) is 0 Å². The number of aromatic nitrogens is 1. The van der Waals surface area contributed by atoms with Gasteiger partial charge in [-0.25, -0.2) is 0 Å². The van der Waals surface area contributed by atoms with Crippen LogP contribution in [-0.4, -0.2) is 4.98 Å². The summed E-state index contributed by atoms with van der Waals surface area (Å²) in [7, 11) is 0. The highest BCUT2D eigenvalue weighted by molar-refractivity contribution is 5.23. The van der Waals surface area contributed by atoms with Crippen LogP contribution in [0, 0.1) is 0 Å². The van der Waals surface area contributed by atoms with E-state index < -0.39 is 0 Å². The van der Waals surface area contributed by atoms with Gasteiger partial charge in [0.1, 0.15) is 0 Å². The van der Waals surface area contributed by atoms with E-state index in [0.29, 0.717) is 5.92 Å². The first-order valence-electron chi connectivity index (χ1n) is 4.42. The summed E-state index contributed by atoms with van der Waals surface area (Å²) in [6.07, 6.45) is 8.55. The molecular weight excluding hydrogens is 146 g/mol. The van der Waals surface area contributed by atoms with E-state index in [2.05, 4.69) is 24.1 Å². The lowest BCUT2D eigenvalue weighted by Crippen LogP contribution is -1.93. The second-order valence-electron chi connectivity index (χ2n) is 3.47. The lowest BCUT2D eigenvalue weighted by molar-refractivity contribution is 0.736. The molecule has 0 N–H and O–H groups in total. The standard InChI is InChI=1S/C11H13N/c1-9-4-5-10(7-9)11-3-2-6-12-8-11/h2-4,6,8,10H,5,7H2,1H3. The number of pyridine rings is 1. The van der Waals surface area contributed by atoms with Gasteiger partial charge in [0.05, 0.1) is 0 Å². The van der Waals surface area contributed by atoms with Crippen molar-refractivity contribution in [2.75, 3.05) is 0 Å². The molecule has 1 nitrogen and oxygen atoms in total. The molecule has 0 radical (unpaired) electrons. The van der Waals surface area contributed by atoms with Gasteiger partial charge in [0, 0.05) is 12.4 Å². The molecule has 0 bridgehead atoms. The number of rotatable bonds is 1. The highest BCUT2D eigenvalue weighted by atomic mass is 14.6. The van der Waals surface area contributed by atoms with Crippen LogP contribution in [0.5, 0.6) is 0 Å². The third-order valence-corrected chi connectivity index (χ3v) is 2.48. The van der Waals surface area contributed by atoms with Crippen molar-refractivity contribution in [1.82, 2.24) is 4.98 Å². The van der Waals surface area contributed by atoms with Gasteiger partial charge in [0.2, 0.25) is 0 Å². The Morgan fingerprint density at radius 1 is 1.50 bits per heavy atom. The van der Waals surface area contributed by atoms with E-state index in [1.165, 1.54) is 24.0 Å². The Kier molecular flexibility index (Phi) is 1.94. The SMILES string of the molecule is CC1=CCC(c2cccnc2)C1. The van der Waals surface area contributed by atoms with E-state index in [9.17, 15) is 0 Å². The number of nitrogens with zero attached hydrogens (tertiary/aromatic N) is 1. The summed E-state index contributed by atoms with van der Waals surface area (Å²) in [4.78, 5) is 4.13. The van der Waals surface area contributed by atoms with E-state index in [4.69, 9.17) is 0 Å². The molecule has 1 aromatic heterocycles. The Balaban J connectivity index is 2.14. The topological polar surface area (TPSA) is 12.9 Å². The maximum absolute atomic E-state index is 4.13. The highest BCUT2D eigenvalue weighted by Gasteiger charge is 2.15. The van der Waals surface area contributed by atoms with Crippen molar-refractivity contribution in [3.63, 3.8) is 0 Å². The maximum Gasteiger partial charge on any atom is 0.0302 e. The van der Waals surface area contributed by atoms with Gasteiger partial charge < -0.3 is 0 Å². The fourth-order valence-corrected chi connectivity index (χ4v) is 1.77. The van der Waals surface area contributed by atoms with Gasteiger partial charge in [-0.3, -0.25) is 4.98 Å². The molecule has 0 amide bonds. The van der Waals surface area contributed by atoms with E-state index in [1.54, 1.807) is 0 Å². The van der Waals surface area contributed by atoms with Crippen molar-refractivity contribution in [3.8, 4) is 0 Å². The van der Waals surface area contributed by atoms with Crippen LogP contribution < -0.4 is 0 Å². The first-order chi connectivity index (χ1) is 5.86. The first-order valence-corrected chi connectivity index (χ1v) is 4.42. The predicted molar refractivity (Wildman–Crippen MR) is 50.0 cm³/mol. The quantitative estimate of drug-likeness (QED) is 0.574. The largest absolute Gasteiger partial charge is 0.264 e. The van der Waals surface area contributed by atoms with E-state index in [1.807, 2.05) is 18.5 Å². The monoisotopic (exact) mass is 159 g/mol. The predicted octanol–water partition coefficient (Wildman–Crippen LogP) is 2.91. The molecule has 0 aromatic carbocycles. The van der Waals surface area contributed by atoms with Crippen molar-refractivity contribution >= 4 is 0 Å². The minimum atomic E-state index is 0.693. The smallest absolute Gasteiger partial charge is 0.0302 e. The average molecular weight is 159 g/mol. The highest BCUT2D eigenvalue weighted by Crippen LogP contribution is 2.32. The molecule has 1 heterocycles. The fraction of sp³-hybridized carbons (Fsp3) is 0.364. The number of allylic oxidation sites excluding steroid dienone is 2. The second-order valence-corrected chi connectivity index (χ2v) is 3.47. The molecule has 0 saturated heterocycles. The third-order valence-electron chi connectivity index (χ3n) is 2.48. The average Bonchev–Trinajstić information content (AvgIpc) is 2.54. The van der Waals surface area contributed by atoms with Gasteiger partial charge in [-0.1, -0.05) is 17.7 Å². The Morgan fingerprint density at radius 2 is 2.42 bits per heavy atom. The number of hydrogen-bond acceptors (Lipinski definition) is 1. The molecular formula is C11H13N. The zero-order valence-corrected chi connectivity index (χ0v) is 7.33. The van der Waals surface area contributed by atoms with Gasteiger partial charge in [0.25, 0.3) is 0 Å². The molecule has 12 heavy (non-hydrogen) atoms. The summed E-state index contributed by atoms with van der Waals surface area (Å²) in [5.41, 5.74) is 2.90. The summed E-state index contributed by atoms with van der Waals surface area (Å²) in [5.74, 6) is 0.693. The minimum absolute atomic E-state index is 0.693. The Hall–Kier alpha value is -1.11. The van der Waals surface area contributed by atoms with Gasteiger partial charge in [-0.15, -0.1) is 0 Å². The van der Waals surface area contributed by atoms with Crippen molar-refractivity contribution in [3.05, 3.63) is 41.7 Å². The molecule has 0 saturated carbocycles. The molecule has 62 valence electrons. The Labute approximate surface area is 73.1 Å². The van der Waals surface area contributed by atoms with Crippen LogP contribution in [0.1, 0.15) is 31.2 Å². The molecule has 0 aliphatic heterocycles. The van der Waals surface area contributed by atoms with Crippen LogP contribution in [-0.2, 0) is 0 Å². The van der Waals surface area contributed by atoms with Crippen molar-refractivity contribution in [1.29, 1.82) is 0 Å². The molecule has 0 spiro atoms. The van der Waals surface area contributed by atoms with Crippen molar-refractivity contribution in [2.24, 2.45) is 0 Å². The summed E-state index contributed by atoms with van der Waals surface area (Å²) >= 11 is 0. The first kappa shape index (κ1) is 7.53.